The SMILES string of the molecule is CS(=O)(=O)c1ccc(S(=O)(=O)NCCc2ncc[nH]2)cc1. The van der Waals surface area contributed by atoms with Crippen LogP contribution in [0.2, 0.25) is 0 Å². The molecular weight excluding hydrogens is 314 g/mol. The number of aromatic nitrogens is 2. The highest BCUT2D eigenvalue weighted by atomic mass is 32.2. The second-order valence-electron chi connectivity index (χ2n) is 4.43. The molecule has 21 heavy (non-hydrogen) atoms. The molecule has 9 heteroatoms. The molecule has 0 aliphatic heterocycles. The van der Waals surface area contributed by atoms with E-state index in [0.717, 1.165) is 6.26 Å². The molecule has 0 spiro atoms. The van der Waals surface area contributed by atoms with Crippen molar-refractivity contribution in [1.29, 1.82) is 0 Å². The van der Waals surface area contributed by atoms with Gasteiger partial charge in [0.1, 0.15) is 5.82 Å². The Morgan fingerprint density at radius 2 is 1.71 bits per heavy atom. The summed E-state index contributed by atoms with van der Waals surface area (Å²) in [4.78, 5) is 6.97. The van der Waals surface area contributed by atoms with Gasteiger partial charge >= 0.3 is 0 Å². The first-order chi connectivity index (χ1) is 9.79. The summed E-state index contributed by atoms with van der Waals surface area (Å²) in [7, 11) is -7.00. The van der Waals surface area contributed by atoms with E-state index in [4.69, 9.17) is 0 Å². The predicted octanol–water partition coefficient (Wildman–Crippen LogP) is 0.334. The summed E-state index contributed by atoms with van der Waals surface area (Å²) < 4.78 is 49.1. The summed E-state index contributed by atoms with van der Waals surface area (Å²) >= 11 is 0. The van der Waals surface area contributed by atoms with Gasteiger partial charge in [-0.15, -0.1) is 0 Å². The molecule has 0 aliphatic carbocycles. The minimum absolute atomic E-state index is 0.0225. The quantitative estimate of drug-likeness (QED) is 0.794. The van der Waals surface area contributed by atoms with Crippen LogP contribution in [0.1, 0.15) is 5.82 Å². The van der Waals surface area contributed by atoms with Gasteiger partial charge in [0.15, 0.2) is 9.84 Å². The zero-order chi connectivity index (χ0) is 15.5. The maximum Gasteiger partial charge on any atom is 0.240 e. The van der Waals surface area contributed by atoms with Crippen molar-refractivity contribution in [2.75, 3.05) is 12.8 Å². The lowest BCUT2D eigenvalue weighted by Gasteiger charge is -2.06. The maximum atomic E-state index is 12.0. The van der Waals surface area contributed by atoms with E-state index in [-0.39, 0.29) is 16.3 Å². The van der Waals surface area contributed by atoms with Gasteiger partial charge in [0.2, 0.25) is 10.0 Å². The van der Waals surface area contributed by atoms with Crippen molar-refractivity contribution in [2.24, 2.45) is 0 Å². The van der Waals surface area contributed by atoms with Crippen molar-refractivity contribution in [1.82, 2.24) is 14.7 Å². The molecule has 0 fully saturated rings. The van der Waals surface area contributed by atoms with Crippen molar-refractivity contribution >= 4 is 19.9 Å². The van der Waals surface area contributed by atoms with Gasteiger partial charge in [0.25, 0.3) is 0 Å². The molecule has 0 saturated heterocycles. The van der Waals surface area contributed by atoms with Crippen molar-refractivity contribution in [2.45, 2.75) is 16.2 Å². The zero-order valence-electron chi connectivity index (χ0n) is 11.3. The molecule has 0 bridgehead atoms. The fraction of sp³-hybridized carbons (Fsp3) is 0.250. The minimum Gasteiger partial charge on any atom is -0.349 e. The van der Waals surface area contributed by atoms with Crippen LogP contribution in [0.25, 0.3) is 0 Å². The Bertz CT molecular complexity index is 795. The first-order valence-electron chi connectivity index (χ1n) is 6.07. The molecular formula is C12H15N3O4S2. The zero-order valence-corrected chi connectivity index (χ0v) is 12.9. The van der Waals surface area contributed by atoms with E-state index < -0.39 is 19.9 Å². The number of H-pyrrole nitrogens is 1. The molecule has 2 N–H and O–H groups in total. The number of nitrogens with one attached hydrogen (secondary N) is 2. The van der Waals surface area contributed by atoms with Gasteiger partial charge in [-0.05, 0) is 24.3 Å². The topological polar surface area (TPSA) is 109 Å². The van der Waals surface area contributed by atoms with E-state index in [2.05, 4.69) is 14.7 Å². The molecule has 1 heterocycles. The lowest BCUT2D eigenvalue weighted by atomic mass is 10.4. The minimum atomic E-state index is -3.66. The number of sulfonamides is 1. The van der Waals surface area contributed by atoms with Crippen molar-refractivity contribution in [3.8, 4) is 0 Å². The molecule has 0 radical (unpaired) electrons. The van der Waals surface area contributed by atoms with Gasteiger partial charge in [0, 0.05) is 31.6 Å². The van der Waals surface area contributed by atoms with Crippen LogP contribution >= 0.6 is 0 Å². The lowest BCUT2D eigenvalue weighted by Crippen LogP contribution is -2.26. The lowest BCUT2D eigenvalue weighted by molar-refractivity contribution is 0.580. The third-order valence-corrected chi connectivity index (χ3v) is 5.38. The number of imidazole rings is 1. The number of hydrogen-bond acceptors (Lipinski definition) is 5. The predicted molar refractivity (Wildman–Crippen MR) is 77.0 cm³/mol. The molecule has 0 unspecified atom stereocenters. The fourth-order valence-electron chi connectivity index (χ4n) is 1.69. The summed E-state index contributed by atoms with van der Waals surface area (Å²) in [6.45, 7) is 0.198. The molecule has 2 rings (SSSR count). The van der Waals surface area contributed by atoms with Crippen LogP contribution < -0.4 is 4.72 Å². The van der Waals surface area contributed by atoms with Gasteiger partial charge in [-0.25, -0.2) is 26.5 Å². The number of rotatable bonds is 6. The Labute approximate surface area is 123 Å². The number of aromatic amines is 1. The van der Waals surface area contributed by atoms with Gasteiger partial charge in [0.05, 0.1) is 9.79 Å². The highest BCUT2D eigenvalue weighted by Crippen LogP contribution is 2.14. The van der Waals surface area contributed by atoms with Crippen molar-refractivity contribution in [3.05, 3.63) is 42.5 Å². The van der Waals surface area contributed by atoms with E-state index in [1.165, 1.54) is 24.3 Å². The average molecular weight is 329 g/mol. The van der Waals surface area contributed by atoms with Crippen LogP contribution in [-0.2, 0) is 26.3 Å². The maximum absolute atomic E-state index is 12.0. The molecule has 0 saturated carbocycles. The van der Waals surface area contributed by atoms with E-state index in [9.17, 15) is 16.8 Å². The Balaban J connectivity index is 2.05. The van der Waals surface area contributed by atoms with Gasteiger partial charge in [-0.3, -0.25) is 0 Å². The van der Waals surface area contributed by atoms with Crippen LogP contribution in [0.3, 0.4) is 0 Å². The van der Waals surface area contributed by atoms with E-state index in [0.29, 0.717) is 12.2 Å². The molecule has 7 nitrogen and oxygen atoms in total. The first kappa shape index (κ1) is 15.7. The van der Waals surface area contributed by atoms with Crippen LogP contribution in [0.5, 0.6) is 0 Å². The van der Waals surface area contributed by atoms with Crippen molar-refractivity contribution < 1.29 is 16.8 Å². The van der Waals surface area contributed by atoms with Crippen molar-refractivity contribution in [3.63, 3.8) is 0 Å². The number of nitrogens with zero attached hydrogens (tertiary/aromatic N) is 1. The summed E-state index contributed by atoms with van der Waals surface area (Å²) in [5.41, 5.74) is 0. The normalized spacial score (nSPS) is 12.4. The molecule has 0 atom stereocenters. The van der Waals surface area contributed by atoms with E-state index >= 15 is 0 Å². The number of benzene rings is 1. The van der Waals surface area contributed by atoms with E-state index in [1.807, 2.05) is 0 Å². The largest absolute Gasteiger partial charge is 0.349 e. The number of sulfone groups is 1. The Morgan fingerprint density at radius 3 is 2.24 bits per heavy atom. The molecule has 1 aromatic heterocycles. The highest BCUT2D eigenvalue weighted by Gasteiger charge is 2.15. The Kier molecular flexibility index (Phi) is 4.45. The van der Waals surface area contributed by atoms with Crippen LogP contribution in [0, 0.1) is 0 Å². The third-order valence-electron chi connectivity index (χ3n) is 2.77. The van der Waals surface area contributed by atoms with Gasteiger partial charge in [-0.1, -0.05) is 0 Å². The van der Waals surface area contributed by atoms with Gasteiger partial charge < -0.3 is 4.98 Å². The third kappa shape index (κ3) is 4.13. The summed E-state index contributed by atoms with van der Waals surface area (Å²) in [5, 5.41) is 0. The standard InChI is InChI=1S/C12H15N3O4S2/c1-20(16,17)10-2-4-11(5-3-10)21(18,19)15-7-6-12-13-8-9-14-12/h2-5,8-9,15H,6-7H2,1H3,(H,13,14). The number of hydrogen-bond donors (Lipinski definition) is 2. The monoisotopic (exact) mass is 329 g/mol. The second-order valence-corrected chi connectivity index (χ2v) is 8.21. The van der Waals surface area contributed by atoms with Crippen LogP contribution in [0.15, 0.2) is 46.5 Å². The second kappa shape index (κ2) is 5.96. The molecule has 0 amide bonds. The summed E-state index contributed by atoms with van der Waals surface area (Å²) in [6.07, 6.45) is 4.76. The summed E-state index contributed by atoms with van der Waals surface area (Å²) in [5.74, 6) is 0.685. The Morgan fingerprint density at radius 1 is 1.10 bits per heavy atom. The summed E-state index contributed by atoms with van der Waals surface area (Å²) in [6, 6.07) is 5.09. The van der Waals surface area contributed by atoms with Gasteiger partial charge in [-0.2, -0.15) is 0 Å². The fourth-order valence-corrected chi connectivity index (χ4v) is 3.35. The molecule has 0 aliphatic rings. The molecule has 1 aromatic carbocycles. The average Bonchev–Trinajstić information content (AvgIpc) is 2.91. The van der Waals surface area contributed by atoms with Crippen LogP contribution in [0.4, 0.5) is 0 Å². The van der Waals surface area contributed by atoms with E-state index in [1.54, 1.807) is 12.4 Å². The van der Waals surface area contributed by atoms with Crippen LogP contribution in [-0.4, -0.2) is 39.6 Å². The smallest absolute Gasteiger partial charge is 0.240 e. The highest BCUT2D eigenvalue weighted by molar-refractivity contribution is 7.90. The molecule has 114 valence electrons. The first-order valence-corrected chi connectivity index (χ1v) is 9.44. The Hall–Kier alpha value is -1.71. The molecule has 2 aromatic rings.